The van der Waals surface area contributed by atoms with Crippen LogP contribution in [-0.2, 0) is 0 Å². The molecule has 136 valence electrons. The maximum atomic E-state index is 10.5. The number of hydrogen-bond donors (Lipinski definition) is 1. The number of benzene rings is 2. The van der Waals surface area contributed by atoms with E-state index in [1.54, 1.807) is 12.1 Å². The number of nitrogens with zero attached hydrogens (tertiary/aromatic N) is 3. The highest BCUT2D eigenvalue weighted by atomic mass is 35.5. The van der Waals surface area contributed by atoms with E-state index in [-0.39, 0.29) is 0 Å². The zero-order valence-electron chi connectivity index (χ0n) is 15.4. The molecule has 0 saturated carbocycles. The van der Waals surface area contributed by atoms with E-state index in [0.717, 1.165) is 28.3 Å². The average Bonchev–Trinajstić information content (AvgIpc) is 3.02. The molecule has 0 aliphatic carbocycles. The normalized spacial score (nSPS) is 14.0. The van der Waals surface area contributed by atoms with Crippen LogP contribution in [0.25, 0.3) is 16.7 Å². The highest BCUT2D eigenvalue weighted by Crippen LogP contribution is 2.26. The van der Waals surface area contributed by atoms with Gasteiger partial charge in [0.05, 0.1) is 19.7 Å². The minimum atomic E-state index is -1.38. The van der Waals surface area contributed by atoms with Crippen LogP contribution in [0.5, 0.6) is 0 Å². The minimum absolute atomic E-state index is 0.523. The van der Waals surface area contributed by atoms with Crippen LogP contribution in [0.15, 0.2) is 54.6 Å². The van der Waals surface area contributed by atoms with Crippen molar-refractivity contribution in [1.29, 1.82) is 0 Å². The summed E-state index contributed by atoms with van der Waals surface area (Å²) in [5, 5.41) is 19.9. The Labute approximate surface area is 160 Å². The van der Waals surface area contributed by atoms with Gasteiger partial charge in [0.1, 0.15) is 5.52 Å². The third kappa shape index (κ3) is 4.61. The van der Waals surface area contributed by atoms with Crippen molar-refractivity contribution in [2.45, 2.75) is 38.2 Å². The molecule has 3 aromatic rings. The van der Waals surface area contributed by atoms with Gasteiger partial charge in [-0.1, -0.05) is 66.8 Å². The number of halogens is 1. The first kappa shape index (κ1) is 18.8. The third-order valence-corrected chi connectivity index (χ3v) is 5.84. The summed E-state index contributed by atoms with van der Waals surface area (Å²) in [5.41, 5.74) is 3.84. The summed E-state index contributed by atoms with van der Waals surface area (Å²) < 4.78 is 1.92. The lowest BCUT2D eigenvalue weighted by atomic mass is 10.1. The summed E-state index contributed by atoms with van der Waals surface area (Å²) in [6, 6.07) is 16.3. The van der Waals surface area contributed by atoms with E-state index in [4.69, 9.17) is 11.6 Å². The molecule has 1 heterocycles. The van der Waals surface area contributed by atoms with Gasteiger partial charge in [-0.25, -0.2) is 4.68 Å². The fourth-order valence-electron chi connectivity index (χ4n) is 2.93. The van der Waals surface area contributed by atoms with Gasteiger partial charge in [0.15, 0.2) is 0 Å². The Balaban J connectivity index is 1.90. The number of rotatable bonds is 6. The second-order valence-corrected chi connectivity index (χ2v) is 13.6. The molecule has 6 heteroatoms. The molecule has 0 saturated heterocycles. The van der Waals surface area contributed by atoms with Crippen LogP contribution in [0.3, 0.4) is 0 Å². The van der Waals surface area contributed by atoms with E-state index < -0.39 is 14.2 Å². The van der Waals surface area contributed by atoms with Crippen LogP contribution in [0, 0.1) is 0 Å². The zero-order chi connectivity index (χ0) is 18.7. The van der Waals surface area contributed by atoms with Gasteiger partial charge >= 0.3 is 0 Å². The summed E-state index contributed by atoms with van der Waals surface area (Å²) in [6.07, 6.45) is 2.05. The molecule has 1 atom stereocenters. The topological polar surface area (TPSA) is 50.9 Å². The van der Waals surface area contributed by atoms with Crippen LogP contribution in [-0.4, -0.2) is 28.2 Å². The predicted octanol–water partition coefficient (Wildman–Crippen LogP) is 5.39. The van der Waals surface area contributed by atoms with Crippen molar-refractivity contribution in [3.8, 4) is 0 Å². The summed E-state index contributed by atoms with van der Waals surface area (Å²) in [7, 11) is -1.38. The van der Waals surface area contributed by atoms with E-state index in [2.05, 4.69) is 36.0 Å². The van der Waals surface area contributed by atoms with Gasteiger partial charge in [-0.15, -0.1) is 5.10 Å². The van der Waals surface area contributed by atoms with E-state index in [0.29, 0.717) is 11.4 Å². The number of para-hydroxylation sites is 1. The molecule has 26 heavy (non-hydrogen) atoms. The van der Waals surface area contributed by atoms with Crippen molar-refractivity contribution in [1.82, 2.24) is 15.0 Å². The van der Waals surface area contributed by atoms with Gasteiger partial charge in [-0.2, -0.15) is 0 Å². The fraction of sp³-hybridized carbons (Fsp3) is 0.300. The van der Waals surface area contributed by atoms with Crippen molar-refractivity contribution in [2.75, 3.05) is 0 Å². The smallest absolute Gasteiger partial charge is 0.113 e. The number of allylic oxidation sites excluding steroid dienone is 1. The molecule has 0 bridgehead atoms. The molecule has 4 nitrogen and oxygen atoms in total. The first-order valence-electron chi connectivity index (χ1n) is 8.77. The first-order valence-corrected chi connectivity index (χ1v) is 12.9. The number of aliphatic hydroxyl groups excluding tert-OH is 1. The standard InChI is InChI=1S/C20H24ClN3OSi/c1-26(2,3)14-17(24-19-7-5-4-6-18(19)22-23-24)12-13-20(25)15-8-10-16(21)11-9-15/h4-12,20,25H,13-14H2,1-3H3/b17-12-. The molecular weight excluding hydrogens is 362 g/mol. The third-order valence-electron chi connectivity index (χ3n) is 4.17. The van der Waals surface area contributed by atoms with Gasteiger partial charge in [0, 0.05) is 10.7 Å². The van der Waals surface area contributed by atoms with E-state index >= 15 is 0 Å². The van der Waals surface area contributed by atoms with Crippen LogP contribution in [0.1, 0.15) is 18.1 Å². The Bertz CT molecular complexity index is 913. The molecule has 0 radical (unpaired) electrons. The number of aliphatic hydroxyl groups is 1. The van der Waals surface area contributed by atoms with Crippen LogP contribution < -0.4 is 0 Å². The molecule has 0 fully saturated rings. The lowest BCUT2D eigenvalue weighted by Gasteiger charge is -2.19. The minimum Gasteiger partial charge on any atom is -0.388 e. The zero-order valence-corrected chi connectivity index (χ0v) is 17.1. The summed E-state index contributed by atoms with van der Waals surface area (Å²) in [6.45, 7) is 6.99. The SMILES string of the molecule is C[Si](C)(C)C/C(=C/CC(O)c1ccc(Cl)cc1)n1nnc2ccccc21. The van der Waals surface area contributed by atoms with Crippen LogP contribution in [0.4, 0.5) is 0 Å². The molecule has 3 rings (SSSR count). The molecule has 0 aliphatic rings. The maximum Gasteiger partial charge on any atom is 0.113 e. The first-order chi connectivity index (χ1) is 12.3. The Morgan fingerprint density at radius 1 is 1.15 bits per heavy atom. The molecule has 2 aromatic carbocycles. The molecule has 1 N–H and O–H groups in total. The van der Waals surface area contributed by atoms with E-state index in [1.807, 2.05) is 41.1 Å². The van der Waals surface area contributed by atoms with Crippen molar-refractivity contribution in [2.24, 2.45) is 0 Å². The highest BCUT2D eigenvalue weighted by molar-refractivity contribution is 6.77. The second-order valence-electron chi connectivity index (χ2n) is 7.73. The number of fused-ring (bicyclic) bond motifs is 1. The maximum absolute atomic E-state index is 10.5. The fourth-order valence-corrected chi connectivity index (χ4v) is 4.43. The molecule has 0 amide bonds. The Kier molecular flexibility index (Phi) is 5.60. The summed E-state index contributed by atoms with van der Waals surface area (Å²) in [4.78, 5) is 0. The lowest BCUT2D eigenvalue weighted by molar-refractivity contribution is 0.181. The average molecular weight is 386 g/mol. The van der Waals surface area contributed by atoms with Crippen molar-refractivity contribution < 1.29 is 5.11 Å². The van der Waals surface area contributed by atoms with Gasteiger partial charge in [0.2, 0.25) is 0 Å². The monoisotopic (exact) mass is 385 g/mol. The van der Waals surface area contributed by atoms with Crippen LogP contribution in [0.2, 0.25) is 30.7 Å². The van der Waals surface area contributed by atoms with Gasteiger partial charge in [-0.3, -0.25) is 0 Å². The lowest BCUT2D eigenvalue weighted by Crippen LogP contribution is -2.21. The van der Waals surface area contributed by atoms with Crippen molar-refractivity contribution >= 4 is 36.4 Å². The van der Waals surface area contributed by atoms with Crippen LogP contribution >= 0.6 is 11.6 Å². The Morgan fingerprint density at radius 2 is 1.85 bits per heavy atom. The molecular formula is C20H24ClN3OSi. The second kappa shape index (κ2) is 7.74. The summed E-state index contributed by atoms with van der Waals surface area (Å²) >= 11 is 5.93. The Hall–Kier alpha value is -1.95. The molecule has 0 spiro atoms. The van der Waals surface area contributed by atoms with Crippen molar-refractivity contribution in [3.63, 3.8) is 0 Å². The number of hydrogen-bond acceptors (Lipinski definition) is 3. The van der Waals surface area contributed by atoms with Gasteiger partial charge in [0.25, 0.3) is 0 Å². The van der Waals surface area contributed by atoms with Gasteiger partial charge < -0.3 is 5.11 Å². The number of aromatic nitrogens is 3. The molecule has 1 unspecified atom stereocenters. The highest BCUT2D eigenvalue weighted by Gasteiger charge is 2.19. The molecule has 0 aliphatic heterocycles. The van der Waals surface area contributed by atoms with E-state index in [9.17, 15) is 5.11 Å². The van der Waals surface area contributed by atoms with Crippen molar-refractivity contribution in [3.05, 3.63) is 65.2 Å². The summed E-state index contributed by atoms with van der Waals surface area (Å²) in [5.74, 6) is 0. The quantitative estimate of drug-likeness (QED) is 0.579. The Morgan fingerprint density at radius 3 is 2.54 bits per heavy atom. The van der Waals surface area contributed by atoms with E-state index in [1.165, 1.54) is 0 Å². The predicted molar refractivity (Wildman–Crippen MR) is 111 cm³/mol. The molecule has 1 aromatic heterocycles. The largest absolute Gasteiger partial charge is 0.388 e. The van der Waals surface area contributed by atoms with Gasteiger partial charge in [-0.05, 0) is 42.3 Å².